The van der Waals surface area contributed by atoms with Crippen LogP contribution in [0.3, 0.4) is 0 Å². The van der Waals surface area contributed by atoms with Gasteiger partial charge >= 0.3 is 0 Å². The lowest BCUT2D eigenvalue weighted by Gasteiger charge is -2.24. The molecule has 1 heteroatoms. The van der Waals surface area contributed by atoms with Gasteiger partial charge in [0.05, 0.1) is 0 Å². The molecule has 2 rings (SSSR count). The highest BCUT2D eigenvalue weighted by Gasteiger charge is 2.25. The Hall–Kier alpha value is -1.63. The van der Waals surface area contributed by atoms with Crippen LogP contribution in [0.4, 0.5) is 0 Å². The van der Waals surface area contributed by atoms with Gasteiger partial charge in [0.2, 0.25) is 5.69 Å². The number of hydrogen-bond donors (Lipinski definition) is 0. The molecule has 1 aromatic carbocycles. The van der Waals surface area contributed by atoms with E-state index in [9.17, 15) is 0 Å². The number of nitrogens with zero attached hydrogens (tertiary/aromatic N) is 1. The van der Waals surface area contributed by atoms with Crippen LogP contribution in [0.15, 0.2) is 24.4 Å². The SMILES string of the molecule is [2H]C([2H])([2H])c1cc(C)c(-c2cc(C(C)(C)C)c(C([2H])(C)C)c[n+]2C)cc1C([2H])([2H])[2H]. The first kappa shape index (κ1) is 10.3. The molecule has 0 saturated carbocycles. The Kier molecular flexibility index (Phi) is 2.73. The zero-order valence-electron chi connectivity index (χ0n) is 22.3. The molecule has 0 radical (unpaired) electrons. The van der Waals surface area contributed by atoms with E-state index in [0.717, 1.165) is 16.8 Å². The van der Waals surface area contributed by atoms with Crippen LogP contribution in [0.25, 0.3) is 11.3 Å². The molecule has 0 amide bonds. The molecule has 1 heterocycles. The van der Waals surface area contributed by atoms with E-state index in [2.05, 4.69) is 20.8 Å². The average molecular weight is 318 g/mol. The minimum Gasteiger partial charge on any atom is -0.201 e. The van der Waals surface area contributed by atoms with Gasteiger partial charge in [-0.25, -0.2) is 4.57 Å². The smallest absolute Gasteiger partial charge is 0.201 e. The Morgan fingerprint density at radius 2 is 1.65 bits per heavy atom. The van der Waals surface area contributed by atoms with E-state index < -0.39 is 19.6 Å². The van der Waals surface area contributed by atoms with Gasteiger partial charge in [0, 0.05) is 26.8 Å². The largest absolute Gasteiger partial charge is 0.212 e. The van der Waals surface area contributed by atoms with Crippen LogP contribution < -0.4 is 4.57 Å². The van der Waals surface area contributed by atoms with E-state index in [0.29, 0.717) is 11.1 Å². The summed E-state index contributed by atoms with van der Waals surface area (Å²) in [6, 6.07) is 4.98. The highest BCUT2D eigenvalue weighted by Crippen LogP contribution is 2.33. The van der Waals surface area contributed by atoms with Crippen molar-refractivity contribution in [3.63, 3.8) is 0 Å². The molecule has 0 aliphatic carbocycles. The Labute approximate surface area is 152 Å². The highest BCUT2D eigenvalue weighted by atomic mass is 14.9. The minimum atomic E-state index is -2.54. The van der Waals surface area contributed by atoms with Gasteiger partial charge in [-0.1, -0.05) is 40.7 Å². The maximum absolute atomic E-state index is 8.57. The third-order valence-corrected chi connectivity index (χ3v) is 4.26. The van der Waals surface area contributed by atoms with E-state index in [-0.39, 0.29) is 16.5 Å². The molecule has 0 fully saturated rings. The fourth-order valence-electron chi connectivity index (χ4n) is 2.92. The Bertz CT molecular complexity index is 876. The quantitative estimate of drug-likeness (QED) is 0.642. The van der Waals surface area contributed by atoms with Crippen molar-refractivity contribution in [1.82, 2.24) is 0 Å². The highest BCUT2D eigenvalue weighted by molar-refractivity contribution is 5.64. The van der Waals surface area contributed by atoms with Crippen molar-refractivity contribution in [3.8, 4) is 11.3 Å². The topological polar surface area (TPSA) is 3.88 Å². The van der Waals surface area contributed by atoms with Gasteiger partial charge in [0.1, 0.15) is 7.05 Å². The fourth-order valence-corrected chi connectivity index (χ4v) is 2.92. The molecular weight excluding hydrogens is 278 g/mol. The minimum absolute atomic E-state index is 0.133. The zero-order chi connectivity index (χ0) is 23.4. The van der Waals surface area contributed by atoms with Crippen LogP contribution in [0.5, 0.6) is 0 Å². The number of benzene rings is 1. The lowest BCUT2D eigenvalue weighted by Crippen LogP contribution is -2.34. The van der Waals surface area contributed by atoms with E-state index in [1.807, 2.05) is 37.7 Å². The first-order valence-electron chi connectivity index (χ1n) is 11.4. The van der Waals surface area contributed by atoms with Gasteiger partial charge in [0.15, 0.2) is 6.20 Å². The number of hydrogen-bond acceptors (Lipinski definition) is 0. The van der Waals surface area contributed by atoms with Crippen molar-refractivity contribution in [1.29, 1.82) is 0 Å². The predicted octanol–water partition coefficient (Wildman–Crippen LogP) is 5.52. The fraction of sp³-hybridized carbons (Fsp3) is 0.500. The molecular formula is C22H32N+. The normalized spacial score (nSPS) is 18.1. The van der Waals surface area contributed by atoms with E-state index in [1.54, 1.807) is 6.92 Å². The van der Waals surface area contributed by atoms with Crippen molar-refractivity contribution < 1.29 is 14.2 Å². The molecule has 1 aromatic heterocycles. The van der Waals surface area contributed by atoms with E-state index in [1.165, 1.54) is 12.1 Å². The Morgan fingerprint density at radius 3 is 2.17 bits per heavy atom. The zero-order valence-corrected chi connectivity index (χ0v) is 15.3. The Morgan fingerprint density at radius 1 is 1.04 bits per heavy atom. The summed E-state index contributed by atoms with van der Waals surface area (Å²) in [5.41, 5.74) is 3.55. The first-order valence-corrected chi connectivity index (χ1v) is 7.95. The summed E-state index contributed by atoms with van der Waals surface area (Å²) in [6.45, 7) is 6.69. The summed E-state index contributed by atoms with van der Waals surface area (Å²) in [4.78, 5) is 0. The lowest BCUT2D eigenvalue weighted by atomic mass is 9.80. The predicted molar refractivity (Wildman–Crippen MR) is 100 cm³/mol. The summed E-state index contributed by atoms with van der Waals surface area (Å²) in [5.74, 6) is -0.803. The second kappa shape index (κ2) is 6.11. The molecule has 0 saturated heterocycles. The van der Waals surface area contributed by atoms with E-state index in [4.69, 9.17) is 9.60 Å². The summed E-state index contributed by atoms with van der Waals surface area (Å²) < 4.78 is 57.5. The molecule has 124 valence electrons. The van der Waals surface area contributed by atoms with Crippen LogP contribution in [-0.4, -0.2) is 0 Å². The summed E-state index contributed by atoms with van der Waals surface area (Å²) in [5, 5.41) is 0. The van der Waals surface area contributed by atoms with Crippen LogP contribution in [-0.2, 0) is 12.5 Å². The van der Waals surface area contributed by atoms with Crippen LogP contribution in [0.1, 0.15) is 77.9 Å². The Balaban J connectivity index is 2.91. The third-order valence-electron chi connectivity index (χ3n) is 4.26. The van der Waals surface area contributed by atoms with Crippen molar-refractivity contribution in [2.75, 3.05) is 0 Å². The molecule has 0 aliphatic rings. The molecule has 0 atom stereocenters. The second-order valence-corrected chi connectivity index (χ2v) is 7.56. The molecule has 0 unspecified atom stereocenters. The van der Waals surface area contributed by atoms with Crippen molar-refractivity contribution >= 4 is 0 Å². The molecule has 0 aliphatic heterocycles. The standard InChI is InChI=1S/C22H32N/c1-14(2)19-13-23(9)21(12-20(19)22(6,7)8)18-11-16(4)15(3)10-17(18)5/h10-14H,1-9H3/q+1/i3D3,4D3,14D. The van der Waals surface area contributed by atoms with Crippen LogP contribution >= 0.6 is 0 Å². The molecule has 23 heavy (non-hydrogen) atoms. The monoisotopic (exact) mass is 317 g/mol. The van der Waals surface area contributed by atoms with Gasteiger partial charge in [0.25, 0.3) is 0 Å². The molecule has 0 bridgehead atoms. The molecule has 0 N–H and O–H groups in total. The molecule has 1 nitrogen and oxygen atoms in total. The summed E-state index contributed by atoms with van der Waals surface area (Å²) >= 11 is 0. The number of aromatic nitrogens is 1. The van der Waals surface area contributed by atoms with Gasteiger partial charge in [-0.3, -0.25) is 0 Å². The second-order valence-electron chi connectivity index (χ2n) is 7.56. The summed E-state index contributed by atoms with van der Waals surface area (Å²) in [7, 11) is 1.86. The maximum atomic E-state index is 8.57. The number of rotatable bonds is 2. The van der Waals surface area contributed by atoms with Gasteiger partial charge in [-0.15, -0.1) is 0 Å². The third kappa shape index (κ3) is 3.49. The summed E-state index contributed by atoms with van der Waals surface area (Å²) in [6.07, 6.45) is 1.93. The van der Waals surface area contributed by atoms with Crippen molar-refractivity contribution in [2.24, 2.45) is 7.05 Å². The van der Waals surface area contributed by atoms with Crippen molar-refractivity contribution in [3.05, 3.63) is 52.2 Å². The van der Waals surface area contributed by atoms with Gasteiger partial charge in [-0.05, 0) is 60.3 Å². The van der Waals surface area contributed by atoms with Crippen molar-refractivity contribution in [2.45, 2.75) is 66.6 Å². The maximum Gasteiger partial charge on any atom is 0.212 e. The number of pyridine rings is 1. The van der Waals surface area contributed by atoms with Crippen LogP contribution in [0, 0.1) is 20.6 Å². The lowest BCUT2D eigenvalue weighted by molar-refractivity contribution is -0.661. The van der Waals surface area contributed by atoms with E-state index >= 15 is 0 Å². The van der Waals surface area contributed by atoms with Gasteiger partial charge in [-0.2, -0.15) is 0 Å². The number of aryl methyl sites for hydroxylation is 4. The average Bonchev–Trinajstić information content (AvgIpc) is 2.50. The molecule has 2 aromatic rings. The van der Waals surface area contributed by atoms with Crippen LogP contribution in [0.2, 0.25) is 0 Å². The van der Waals surface area contributed by atoms with Gasteiger partial charge < -0.3 is 0 Å². The first-order chi connectivity index (χ1) is 13.2. The molecule has 0 spiro atoms.